The third-order valence-corrected chi connectivity index (χ3v) is 3.69. The zero-order chi connectivity index (χ0) is 16.9. The summed E-state index contributed by atoms with van der Waals surface area (Å²) < 4.78 is 8.06. The Balaban J connectivity index is 1.78. The summed E-state index contributed by atoms with van der Waals surface area (Å²) in [6, 6.07) is 18.0. The molecule has 0 aliphatic rings. The van der Waals surface area contributed by atoms with Gasteiger partial charge >= 0.3 is 0 Å². The van der Waals surface area contributed by atoms with E-state index in [1.54, 1.807) is 4.68 Å². The average Bonchev–Trinajstić information content (AvgIpc) is 2.94. The van der Waals surface area contributed by atoms with Crippen LogP contribution in [0, 0.1) is 4.77 Å². The molecule has 0 saturated carbocycles. The Bertz CT molecular complexity index is 855. The van der Waals surface area contributed by atoms with Gasteiger partial charge < -0.3 is 10.2 Å². The second-order valence-electron chi connectivity index (χ2n) is 5.70. The van der Waals surface area contributed by atoms with Gasteiger partial charge in [-0.1, -0.05) is 42.5 Å². The van der Waals surface area contributed by atoms with E-state index in [9.17, 15) is 0 Å². The van der Waals surface area contributed by atoms with Crippen LogP contribution in [0.2, 0.25) is 0 Å². The van der Waals surface area contributed by atoms with E-state index < -0.39 is 0 Å². The zero-order valence-electron chi connectivity index (χ0n) is 13.7. The molecule has 3 rings (SSSR count). The third kappa shape index (κ3) is 3.83. The maximum atomic E-state index is 5.73. The minimum Gasteiger partial charge on any atom is -0.491 e. The largest absolute Gasteiger partial charge is 0.491 e. The molecule has 0 spiro atoms. The Morgan fingerprint density at radius 3 is 2.71 bits per heavy atom. The van der Waals surface area contributed by atoms with Gasteiger partial charge in [0.25, 0.3) is 0 Å². The number of rotatable bonds is 6. The molecule has 1 aromatic heterocycles. The van der Waals surface area contributed by atoms with Crippen molar-refractivity contribution in [2.75, 3.05) is 5.43 Å². The van der Waals surface area contributed by atoms with E-state index in [0.29, 0.717) is 11.3 Å². The van der Waals surface area contributed by atoms with E-state index in [4.69, 9.17) is 17.0 Å². The molecule has 0 amide bonds. The summed E-state index contributed by atoms with van der Waals surface area (Å²) in [5.74, 6) is 1.62. The maximum Gasteiger partial charge on any atom is 0.214 e. The fourth-order valence-corrected chi connectivity index (χ4v) is 2.59. The highest BCUT2D eigenvalue weighted by Crippen LogP contribution is 2.17. The lowest BCUT2D eigenvalue weighted by Crippen LogP contribution is -2.16. The molecule has 1 heterocycles. The van der Waals surface area contributed by atoms with Crippen LogP contribution in [0.3, 0.4) is 0 Å². The van der Waals surface area contributed by atoms with Crippen molar-refractivity contribution in [2.45, 2.75) is 26.5 Å². The normalized spacial score (nSPS) is 10.8. The molecule has 2 N–H and O–H groups in total. The van der Waals surface area contributed by atoms with Gasteiger partial charge in [-0.3, -0.25) is 0 Å². The molecule has 0 unspecified atom stereocenters. The van der Waals surface area contributed by atoms with Crippen molar-refractivity contribution in [3.63, 3.8) is 0 Å². The van der Waals surface area contributed by atoms with Crippen molar-refractivity contribution in [3.05, 3.63) is 64.9 Å². The van der Waals surface area contributed by atoms with Crippen molar-refractivity contribution in [2.24, 2.45) is 0 Å². The number of H-pyrrole nitrogens is 1. The van der Waals surface area contributed by atoms with E-state index in [1.807, 2.05) is 68.4 Å². The fraction of sp³-hybridized carbons (Fsp3) is 0.222. The highest BCUT2D eigenvalue weighted by Gasteiger charge is 2.08. The van der Waals surface area contributed by atoms with Crippen molar-refractivity contribution in [1.29, 1.82) is 0 Å². The molecule has 0 saturated heterocycles. The lowest BCUT2D eigenvalue weighted by Gasteiger charge is -2.13. The van der Waals surface area contributed by atoms with Crippen LogP contribution in [-0.2, 0) is 6.54 Å². The Morgan fingerprint density at radius 2 is 1.96 bits per heavy atom. The molecule has 0 fully saturated rings. The van der Waals surface area contributed by atoms with Crippen LogP contribution < -0.4 is 10.2 Å². The minimum atomic E-state index is 0.153. The van der Waals surface area contributed by atoms with E-state index in [1.165, 1.54) is 0 Å². The lowest BCUT2D eigenvalue weighted by atomic mass is 10.2. The lowest BCUT2D eigenvalue weighted by molar-refractivity contribution is 0.242. The molecule has 5 nitrogen and oxygen atoms in total. The first-order chi connectivity index (χ1) is 11.6. The number of hydrogen-bond donors (Lipinski definition) is 2. The second kappa shape index (κ2) is 7.31. The molecular weight excluding hydrogens is 320 g/mol. The van der Waals surface area contributed by atoms with Crippen molar-refractivity contribution in [1.82, 2.24) is 14.9 Å². The number of ether oxygens (including phenoxy) is 1. The molecule has 3 aromatic rings. The molecular formula is C18H20N4OS. The van der Waals surface area contributed by atoms with Gasteiger partial charge in [0.05, 0.1) is 12.6 Å². The first-order valence-corrected chi connectivity index (χ1v) is 8.26. The van der Waals surface area contributed by atoms with Crippen LogP contribution in [0.1, 0.15) is 19.4 Å². The van der Waals surface area contributed by atoms with Gasteiger partial charge in [0.2, 0.25) is 4.77 Å². The van der Waals surface area contributed by atoms with Gasteiger partial charge in [0.1, 0.15) is 5.75 Å². The van der Waals surface area contributed by atoms with Crippen molar-refractivity contribution in [3.8, 4) is 17.1 Å². The Kier molecular flexibility index (Phi) is 4.96. The number of aromatic nitrogens is 3. The molecule has 6 heteroatoms. The highest BCUT2D eigenvalue weighted by atomic mass is 32.1. The zero-order valence-corrected chi connectivity index (χ0v) is 14.5. The van der Waals surface area contributed by atoms with Gasteiger partial charge in [0, 0.05) is 5.56 Å². The Morgan fingerprint density at radius 1 is 1.17 bits per heavy atom. The van der Waals surface area contributed by atoms with E-state index >= 15 is 0 Å². The summed E-state index contributed by atoms with van der Waals surface area (Å²) in [4.78, 5) is 0. The van der Waals surface area contributed by atoms with E-state index in [-0.39, 0.29) is 6.10 Å². The van der Waals surface area contributed by atoms with Crippen LogP contribution in [0.25, 0.3) is 11.4 Å². The summed E-state index contributed by atoms with van der Waals surface area (Å²) in [7, 11) is 0. The van der Waals surface area contributed by atoms with Crippen molar-refractivity contribution < 1.29 is 4.74 Å². The van der Waals surface area contributed by atoms with Crippen LogP contribution in [-0.4, -0.2) is 21.0 Å². The minimum absolute atomic E-state index is 0.153. The predicted octanol–water partition coefficient (Wildman–Crippen LogP) is 4.14. The summed E-state index contributed by atoms with van der Waals surface area (Å²) in [5, 5.41) is 7.15. The summed E-state index contributed by atoms with van der Waals surface area (Å²) in [5.41, 5.74) is 5.42. The van der Waals surface area contributed by atoms with Gasteiger partial charge in [-0.15, -0.1) is 0 Å². The number of nitrogens with one attached hydrogen (secondary N) is 2. The molecule has 0 bridgehead atoms. The van der Waals surface area contributed by atoms with Crippen LogP contribution >= 0.6 is 12.2 Å². The number of hydrogen-bond acceptors (Lipinski definition) is 4. The monoisotopic (exact) mass is 340 g/mol. The Hall–Kier alpha value is -2.60. The summed E-state index contributed by atoms with van der Waals surface area (Å²) in [6.07, 6.45) is 0.153. The SMILES string of the molecule is CC(C)Oc1cccc(CNn2c(-c3ccccc3)n[nH]c2=S)c1. The number of nitrogens with zero attached hydrogens (tertiary/aromatic N) is 2. The first-order valence-electron chi connectivity index (χ1n) is 7.86. The highest BCUT2D eigenvalue weighted by molar-refractivity contribution is 7.71. The molecule has 0 aliphatic heterocycles. The Labute approximate surface area is 146 Å². The van der Waals surface area contributed by atoms with Crippen LogP contribution in [0.4, 0.5) is 0 Å². The van der Waals surface area contributed by atoms with E-state index in [0.717, 1.165) is 22.7 Å². The van der Waals surface area contributed by atoms with Gasteiger partial charge in [0.15, 0.2) is 5.82 Å². The number of aromatic amines is 1. The smallest absolute Gasteiger partial charge is 0.214 e. The first kappa shape index (κ1) is 16.3. The topological polar surface area (TPSA) is 54.9 Å². The van der Waals surface area contributed by atoms with Gasteiger partial charge in [-0.2, -0.15) is 5.10 Å². The molecule has 124 valence electrons. The molecule has 0 atom stereocenters. The standard InChI is InChI=1S/C18H20N4OS/c1-13(2)23-16-10-6-7-14(11-16)12-19-22-17(20-21-18(22)24)15-8-4-3-5-9-15/h3-11,13,19H,12H2,1-2H3,(H,21,24). The van der Waals surface area contributed by atoms with Crippen LogP contribution in [0.15, 0.2) is 54.6 Å². The molecule has 0 aliphatic carbocycles. The van der Waals surface area contributed by atoms with E-state index in [2.05, 4.69) is 15.6 Å². The fourth-order valence-electron chi connectivity index (χ4n) is 2.40. The molecule has 24 heavy (non-hydrogen) atoms. The quantitative estimate of drug-likeness (QED) is 0.662. The third-order valence-electron chi connectivity index (χ3n) is 3.42. The van der Waals surface area contributed by atoms with Crippen molar-refractivity contribution >= 4 is 12.2 Å². The maximum absolute atomic E-state index is 5.73. The summed E-state index contributed by atoms with van der Waals surface area (Å²) >= 11 is 5.33. The van der Waals surface area contributed by atoms with Gasteiger partial charge in [-0.05, 0) is 43.8 Å². The predicted molar refractivity (Wildman–Crippen MR) is 98.1 cm³/mol. The molecule has 2 aromatic carbocycles. The second-order valence-corrected chi connectivity index (χ2v) is 6.09. The molecule has 0 radical (unpaired) electrons. The average molecular weight is 340 g/mol. The van der Waals surface area contributed by atoms with Crippen LogP contribution in [0.5, 0.6) is 5.75 Å². The number of benzene rings is 2. The van der Waals surface area contributed by atoms with Gasteiger partial charge in [-0.25, -0.2) is 9.77 Å². The summed E-state index contributed by atoms with van der Waals surface area (Å²) in [6.45, 7) is 4.65.